The molecular formula is C13H17NO. The molecule has 0 fully saturated rings. The van der Waals surface area contributed by atoms with Crippen molar-refractivity contribution >= 4 is 0 Å². The number of benzene rings is 1. The number of terminal acetylenes is 1. The van der Waals surface area contributed by atoms with Crippen molar-refractivity contribution in [1.82, 2.24) is 5.32 Å². The van der Waals surface area contributed by atoms with Crippen LogP contribution in [0.15, 0.2) is 24.3 Å². The van der Waals surface area contributed by atoms with Crippen LogP contribution in [0.1, 0.15) is 24.1 Å². The summed E-state index contributed by atoms with van der Waals surface area (Å²) in [5.74, 6) is 2.50. The molecule has 0 aromatic heterocycles. The first-order valence-electron chi connectivity index (χ1n) is 5.18. The van der Waals surface area contributed by atoms with Crippen molar-refractivity contribution in [1.29, 1.82) is 0 Å². The molecule has 0 aliphatic rings. The second kappa shape index (κ2) is 6.23. The molecule has 80 valence electrons. The number of aliphatic hydroxyl groups is 1. The predicted octanol–water partition coefficient (Wildman–Crippen LogP) is 1.51. The number of aryl methyl sites for hydroxylation is 1. The molecular weight excluding hydrogens is 186 g/mol. The molecule has 2 nitrogen and oxygen atoms in total. The van der Waals surface area contributed by atoms with Crippen LogP contribution in [0.2, 0.25) is 0 Å². The Balaban J connectivity index is 2.70. The highest BCUT2D eigenvalue weighted by Crippen LogP contribution is 2.13. The van der Waals surface area contributed by atoms with Crippen LogP contribution in [0, 0.1) is 12.3 Å². The molecule has 1 atom stereocenters. The molecule has 1 aromatic carbocycles. The zero-order valence-corrected chi connectivity index (χ0v) is 9.03. The standard InChI is InChI=1S/C13H17NO/c1-3-9-14-13(10-15)12-7-5-11(4-2)6-8-12/h1,5-8,13-15H,4,9-10H2,2H3/t13-/m1/s1. The average molecular weight is 203 g/mol. The Labute approximate surface area is 91.3 Å². The van der Waals surface area contributed by atoms with Crippen molar-refractivity contribution in [2.75, 3.05) is 13.2 Å². The number of aliphatic hydroxyl groups excluding tert-OH is 1. The van der Waals surface area contributed by atoms with Gasteiger partial charge in [-0.25, -0.2) is 0 Å². The molecule has 0 radical (unpaired) electrons. The van der Waals surface area contributed by atoms with E-state index in [4.69, 9.17) is 6.42 Å². The fourth-order valence-corrected chi connectivity index (χ4v) is 1.46. The van der Waals surface area contributed by atoms with E-state index >= 15 is 0 Å². The Morgan fingerprint density at radius 3 is 2.53 bits per heavy atom. The number of nitrogens with one attached hydrogen (secondary N) is 1. The van der Waals surface area contributed by atoms with Crippen molar-refractivity contribution in [3.8, 4) is 12.3 Å². The van der Waals surface area contributed by atoms with E-state index in [1.54, 1.807) is 0 Å². The first kappa shape index (κ1) is 11.8. The Morgan fingerprint density at radius 2 is 2.07 bits per heavy atom. The van der Waals surface area contributed by atoms with Crippen LogP contribution in [0.5, 0.6) is 0 Å². The van der Waals surface area contributed by atoms with Gasteiger partial charge in [0.15, 0.2) is 0 Å². The summed E-state index contributed by atoms with van der Waals surface area (Å²) in [5.41, 5.74) is 2.37. The molecule has 0 heterocycles. The maximum atomic E-state index is 9.20. The van der Waals surface area contributed by atoms with Gasteiger partial charge in [0.25, 0.3) is 0 Å². The van der Waals surface area contributed by atoms with E-state index in [1.807, 2.05) is 12.1 Å². The van der Waals surface area contributed by atoms with Crippen molar-refractivity contribution in [2.45, 2.75) is 19.4 Å². The Hall–Kier alpha value is -1.30. The van der Waals surface area contributed by atoms with E-state index in [-0.39, 0.29) is 12.6 Å². The largest absolute Gasteiger partial charge is 0.394 e. The summed E-state index contributed by atoms with van der Waals surface area (Å²) >= 11 is 0. The van der Waals surface area contributed by atoms with E-state index < -0.39 is 0 Å². The number of hydrogen-bond acceptors (Lipinski definition) is 2. The van der Waals surface area contributed by atoms with Gasteiger partial charge in [-0.3, -0.25) is 5.32 Å². The topological polar surface area (TPSA) is 32.3 Å². The van der Waals surface area contributed by atoms with Gasteiger partial charge < -0.3 is 5.11 Å². The Morgan fingerprint density at radius 1 is 1.40 bits per heavy atom. The third-order valence-electron chi connectivity index (χ3n) is 2.42. The van der Waals surface area contributed by atoms with Crippen molar-refractivity contribution in [3.63, 3.8) is 0 Å². The molecule has 0 aliphatic heterocycles. The summed E-state index contributed by atoms with van der Waals surface area (Å²) in [5, 5.41) is 12.3. The highest BCUT2D eigenvalue weighted by molar-refractivity contribution is 5.25. The minimum atomic E-state index is -0.0630. The van der Waals surface area contributed by atoms with Gasteiger partial charge in [-0.15, -0.1) is 6.42 Å². The van der Waals surface area contributed by atoms with Crippen LogP contribution in [0.25, 0.3) is 0 Å². The highest BCUT2D eigenvalue weighted by Gasteiger charge is 2.07. The summed E-state index contributed by atoms with van der Waals surface area (Å²) < 4.78 is 0. The fourth-order valence-electron chi connectivity index (χ4n) is 1.46. The third-order valence-corrected chi connectivity index (χ3v) is 2.42. The lowest BCUT2D eigenvalue weighted by molar-refractivity contribution is 0.248. The molecule has 1 rings (SSSR count). The van der Waals surface area contributed by atoms with Crippen LogP contribution in [0.3, 0.4) is 0 Å². The molecule has 0 spiro atoms. The molecule has 0 bridgehead atoms. The van der Waals surface area contributed by atoms with Crippen molar-refractivity contribution < 1.29 is 5.11 Å². The second-order valence-electron chi connectivity index (χ2n) is 3.42. The minimum Gasteiger partial charge on any atom is -0.394 e. The first-order valence-corrected chi connectivity index (χ1v) is 5.18. The lowest BCUT2D eigenvalue weighted by atomic mass is 10.0. The molecule has 0 saturated heterocycles. The zero-order chi connectivity index (χ0) is 11.1. The van der Waals surface area contributed by atoms with Gasteiger partial charge in [-0.05, 0) is 17.5 Å². The molecule has 0 saturated carbocycles. The fraction of sp³-hybridized carbons (Fsp3) is 0.385. The van der Waals surface area contributed by atoms with Gasteiger partial charge in [0.05, 0.1) is 19.2 Å². The van der Waals surface area contributed by atoms with Gasteiger partial charge >= 0.3 is 0 Å². The summed E-state index contributed by atoms with van der Waals surface area (Å²) in [6, 6.07) is 8.16. The number of rotatable bonds is 5. The van der Waals surface area contributed by atoms with E-state index in [0.717, 1.165) is 12.0 Å². The molecule has 0 unspecified atom stereocenters. The Kier molecular flexibility index (Phi) is 4.89. The average Bonchev–Trinajstić information content (AvgIpc) is 2.31. The lowest BCUT2D eigenvalue weighted by Crippen LogP contribution is -2.24. The lowest BCUT2D eigenvalue weighted by Gasteiger charge is -2.15. The van der Waals surface area contributed by atoms with Gasteiger partial charge in [0.1, 0.15) is 0 Å². The zero-order valence-electron chi connectivity index (χ0n) is 9.03. The minimum absolute atomic E-state index is 0.0627. The van der Waals surface area contributed by atoms with Gasteiger partial charge in [0.2, 0.25) is 0 Å². The van der Waals surface area contributed by atoms with Gasteiger partial charge in [-0.1, -0.05) is 37.1 Å². The van der Waals surface area contributed by atoms with E-state index in [0.29, 0.717) is 6.54 Å². The first-order chi connectivity index (χ1) is 7.31. The molecule has 0 amide bonds. The maximum absolute atomic E-state index is 9.20. The quantitative estimate of drug-likeness (QED) is 0.711. The second-order valence-corrected chi connectivity index (χ2v) is 3.42. The smallest absolute Gasteiger partial charge is 0.0626 e. The molecule has 1 aromatic rings. The van der Waals surface area contributed by atoms with Gasteiger partial charge in [-0.2, -0.15) is 0 Å². The van der Waals surface area contributed by atoms with Crippen LogP contribution < -0.4 is 5.32 Å². The molecule has 0 aliphatic carbocycles. The van der Waals surface area contributed by atoms with Crippen LogP contribution in [0.4, 0.5) is 0 Å². The number of hydrogen-bond donors (Lipinski definition) is 2. The summed E-state index contributed by atoms with van der Waals surface area (Å²) in [6.45, 7) is 2.66. The van der Waals surface area contributed by atoms with Crippen molar-refractivity contribution in [2.24, 2.45) is 0 Å². The van der Waals surface area contributed by atoms with Crippen LogP contribution >= 0.6 is 0 Å². The Bertz CT molecular complexity index is 323. The molecule has 2 heteroatoms. The van der Waals surface area contributed by atoms with E-state index in [1.165, 1.54) is 5.56 Å². The van der Waals surface area contributed by atoms with E-state index in [2.05, 4.69) is 30.3 Å². The highest BCUT2D eigenvalue weighted by atomic mass is 16.3. The van der Waals surface area contributed by atoms with Gasteiger partial charge in [0, 0.05) is 0 Å². The molecule has 2 N–H and O–H groups in total. The normalized spacial score (nSPS) is 12.1. The third kappa shape index (κ3) is 3.39. The summed E-state index contributed by atoms with van der Waals surface area (Å²) in [4.78, 5) is 0. The summed E-state index contributed by atoms with van der Waals surface area (Å²) in [6.07, 6.45) is 6.19. The SMILES string of the molecule is C#CCN[C@H](CO)c1ccc(CC)cc1. The monoisotopic (exact) mass is 203 g/mol. The summed E-state index contributed by atoms with van der Waals surface area (Å²) in [7, 11) is 0. The predicted molar refractivity (Wildman–Crippen MR) is 62.5 cm³/mol. The maximum Gasteiger partial charge on any atom is 0.0626 e. The van der Waals surface area contributed by atoms with Crippen LogP contribution in [-0.2, 0) is 6.42 Å². The molecule has 15 heavy (non-hydrogen) atoms. The van der Waals surface area contributed by atoms with E-state index in [9.17, 15) is 5.11 Å². The van der Waals surface area contributed by atoms with Crippen molar-refractivity contribution in [3.05, 3.63) is 35.4 Å². The van der Waals surface area contributed by atoms with Crippen LogP contribution in [-0.4, -0.2) is 18.3 Å².